The molecule has 0 aliphatic rings. The third kappa shape index (κ3) is 5.37. The van der Waals surface area contributed by atoms with Gasteiger partial charge in [-0.1, -0.05) is 48.0 Å². The first-order chi connectivity index (χ1) is 12.3. The van der Waals surface area contributed by atoms with E-state index in [4.69, 9.17) is 4.74 Å². The first-order valence-electron chi connectivity index (χ1n) is 7.85. The molecule has 7 heteroatoms. The Labute approximate surface area is 161 Å². The van der Waals surface area contributed by atoms with Crippen LogP contribution >= 0.6 is 15.9 Å². The summed E-state index contributed by atoms with van der Waals surface area (Å²) in [4.78, 5) is 12.4. The number of benzene rings is 2. The largest absolute Gasteiger partial charge is 0.477 e. The maximum absolute atomic E-state index is 12.5. The lowest BCUT2D eigenvalue weighted by molar-refractivity contribution is 0.104. The van der Waals surface area contributed by atoms with Crippen molar-refractivity contribution >= 4 is 37.6 Å². The van der Waals surface area contributed by atoms with Crippen LogP contribution < -0.4 is 0 Å². The smallest absolute Gasteiger partial charge is 0.285 e. The topological polar surface area (TPSA) is 72.8 Å². The van der Waals surface area contributed by atoms with Gasteiger partial charge in [-0.25, -0.2) is 0 Å². The van der Waals surface area contributed by atoms with Gasteiger partial charge in [0.1, 0.15) is 0 Å². The standard InChI is InChI=1S/C19H18BrNO4S/c1-3-25-18(13-17(20)19(22)15-7-5-4-6-8-15)21-26(23,24)16-11-9-14(2)10-12-16/h4-13H,3H2,1-2H3/b17-13+,21-18+. The fourth-order valence-corrected chi connectivity index (χ4v) is 3.38. The molecule has 0 radical (unpaired) electrons. The van der Waals surface area contributed by atoms with E-state index in [1.807, 2.05) is 6.92 Å². The van der Waals surface area contributed by atoms with Gasteiger partial charge < -0.3 is 4.74 Å². The van der Waals surface area contributed by atoms with E-state index in [0.29, 0.717) is 5.56 Å². The van der Waals surface area contributed by atoms with E-state index in [2.05, 4.69) is 20.3 Å². The van der Waals surface area contributed by atoms with Crippen LogP contribution in [0.15, 0.2) is 74.4 Å². The molecule has 0 fully saturated rings. The Balaban J connectivity index is 2.36. The number of carbonyl (C=O) groups is 1. The summed E-state index contributed by atoms with van der Waals surface area (Å²) in [6, 6.07) is 14.9. The highest BCUT2D eigenvalue weighted by Crippen LogP contribution is 2.17. The quantitative estimate of drug-likeness (QED) is 0.293. The van der Waals surface area contributed by atoms with E-state index < -0.39 is 10.0 Å². The average molecular weight is 436 g/mol. The number of ketones is 1. The molecule has 0 spiro atoms. The molecule has 0 saturated heterocycles. The second kappa shape index (κ2) is 8.91. The van der Waals surface area contributed by atoms with Crippen molar-refractivity contribution in [2.45, 2.75) is 18.7 Å². The van der Waals surface area contributed by atoms with Crippen LogP contribution in [0.5, 0.6) is 0 Å². The number of halogens is 1. The molecule has 5 nitrogen and oxygen atoms in total. The number of allylic oxidation sites excluding steroid dienone is 1. The van der Waals surface area contributed by atoms with Crippen molar-refractivity contribution in [2.24, 2.45) is 4.40 Å². The lowest BCUT2D eigenvalue weighted by atomic mass is 10.1. The molecule has 26 heavy (non-hydrogen) atoms. The fraction of sp³-hybridized carbons (Fsp3) is 0.158. The number of ether oxygens (including phenoxy) is 1. The number of sulfonamides is 1. The summed E-state index contributed by atoms with van der Waals surface area (Å²) >= 11 is 3.18. The summed E-state index contributed by atoms with van der Waals surface area (Å²) in [5, 5.41) is 0. The Morgan fingerprint density at radius 1 is 1.12 bits per heavy atom. The lowest BCUT2D eigenvalue weighted by Crippen LogP contribution is -2.09. The van der Waals surface area contributed by atoms with Gasteiger partial charge in [0.05, 0.1) is 16.0 Å². The summed E-state index contributed by atoms with van der Waals surface area (Å²) in [7, 11) is -3.95. The van der Waals surface area contributed by atoms with Crippen molar-refractivity contribution in [3.8, 4) is 0 Å². The molecule has 2 rings (SSSR count). The minimum absolute atomic E-state index is 0.0548. The number of hydrogen-bond donors (Lipinski definition) is 0. The van der Waals surface area contributed by atoms with Gasteiger partial charge in [-0.3, -0.25) is 4.79 Å². The predicted molar refractivity (Wildman–Crippen MR) is 105 cm³/mol. The maximum Gasteiger partial charge on any atom is 0.285 e. The van der Waals surface area contributed by atoms with Crippen LogP contribution in [0.3, 0.4) is 0 Å². The molecule has 0 atom stereocenters. The Bertz CT molecular complexity index is 933. The van der Waals surface area contributed by atoms with Gasteiger partial charge in [-0.2, -0.15) is 8.42 Å². The van der Waals surface area contributed by atoms with Crippen molar-refractivity contribution in [3.63, 3.8) is 0 Å². The first-order valence-corrected chi connectivity index (χ1v) is 10.1. The number of carbonyl (C=O) groups excluding carboxylic acids is 1. The number of hydrogen-bond acceptors (Lipinski definition) is 4. The number of nitrogens with zero attached hydrogens (tertiary/aromatic N) is 1. The van der Waals surface area contributed by atoms with Crippen LogP contribution in [0.2, 0.25) is 0 Å². The molecule has 0 bridgehead atoms. The predicted octanol–water partition coefficient (Wildman–Crippen LogP) is 4.28. The molecule has 0 aliphatic carbocycles. The molecule has 136 valence electrons. The van der Waals surface area contributed by atoms with Crippen LogP contribution in [0.1, 0.15) is 22.8 Å². The van der Waals surface area contributed by atoms with Crippen molar-refractivity contribution in [3.05, 3.63) is 76.3 Å². The van der Waals surface area contributed by atoms with Crippen molar-refractivity contribution in [2.75, 3.05) is 6.61 Å². The van der Waals surface area contributed by atoms with Crippen LogP contribution in [0.25, 0.3) is 0 Å². The minimum atomic E-state index is -3.95. The molecule has 2 aromatic carbocycles. The van der Waals surface area contributed by atoms with Gasteiger partial charge in [-0.15, -0.1) is 4.40 Å². The van der Waals surface area contributed by atoms with Gasteiger partial charge in [0.15, 0.2) is 5.78 Å². The van der Waals surface area contributed by atoms with Gasteiger partial charge >= 0.3 is 0 Å². The normalized spacial score (nSPS) is 12.7. The third-order valence-electron chi connectivity index (χ3n) is 3.32. The first kappa shape index (κ1) is 20.1. The maximum atomic E-state index is 12.5. The molecular weight excluding hydrogens is 418 g/mol. The van der Waals surface area contributed by atoms with E-state index >= 15 is 0 Å². The van der Waals surface area contributed by atoms with Crippen LogP contribution in [0, 0.1) is 6.92 Å². The van der Waals surface area contributed by atoms with Crippen molar-refractivity contribution in [1.82, 2.24) is 0 Å². The summed E-state index contributed by atoms with van der Waals surface area (Å²) in [5.74, 6) is -0.463. The molecule has 0 saturated carbocycles. The van der Waals surface area contributed by atoms with Crippen LogP contribution in [-0.2, 0) is 14.8 Å². The average Bonchev–Trinajstić information content (AvgIpc) is 2.62. The minimum Gasteiger partial charge on any atom is -0.477 e. The zero-order valence-corrected chi connectivity index (χ0v) is 16.7. The molecule has 2 aromatic rings. The Hall–Kier alpha value is -2.25. The second-order valence-electron chi connectivity index (χ2n) is 5.34. The van der Waals surface area contributed by atoms with Crippen LogP contribution in [-0.4, -0.2) is 26.7 Å². The molecule has 0 N–H and O–H groups in total. The number of Topliss-reactive ketones (excluding diaryl/α,β-unsaturated/α-hetero) is 1. The molecule has 0 heterocycles. The molecule has 0 aromatic heterocycles. The Morgan fingerprint density at radius 2 is 1.73 bits per heavy atom. The number of rotatable bonds is 6. The van der Waals surface area contributed by atoms with E-state index in [1.54, 1.807) is 49.4 Å². The van der Waals surface area contributed by atoms with Crippen molar-refractivity contribution < 1.29 is 17.9 Å². The summed E-state index contributed by atoms with van der Waals surface area (Å²) in [6.45, 7) is 3.77. The molecular formula is C19H18BrNO4S. The highest BCUT2D eigenvalue weighted by molar-refractivity contribution is 9.12. The van der Waals surface area contributed by atoms with E-state index in [0.717, 1.165) is 5.56 Å². The van der Waals surface area contributed by atoms with Gasteiger partial charge in [0, 0.05) is 11.6 Å². The zero-order chi connectivity index (χ0) is 19.2. The zero-order valence-electron chi connectivity index (χ0n) is 14.3. The summed E-state index contributed by atoms with van der Waals surface area (Å²) < 4.78 is 34.1. The van der Waals surface area contributed by atoms with E-state index in [1.165, 1.54) is 18.2 Å². The van der Waals surface area contributed by atoms with Gasteiger partial charge in [0.2, 0.25) is 5.90 Å². The lowest BCUT2D eigenvalue weighted by Gasteiger charge is -2.06. The monoisotopic (exact) mass is 435 g/mol. The molecule has 0 unspecified atom stereocenters. The van der Waals surface area contributed by atoms with Gasteiger partial charge in [-0.05, 0) is 41.9 Å². The third-order valence-corrected chi connectivity index (χ3v) is 5.20. The van der Waals surface area contributed by atoms with Crippen molar-refractivity contribution in [1.29, 1.82) is 0 Å². The van der Waals surface area contributed by atoms with E-state index in [-0.39, 0.29) is 27.7 Å². The fourth-order valence-electron chi connectivity index (χ4n) is 2.03. The Kier molecular flexibility index (Phi) is 6.88. The van der Waals surface area contributed by atoms with E-state index in [9.17, 15) is 13.2 Å². The molecule has 0 amide bonds. The summed E-state index contributed by atoms with van der Waals surface area (Å²) in [6.07, 6.45) is 1.27. The van der Waals surface area contributed by atoms with Gasteiger partial charge in [0.25, 0.3) is 10.0 Å². The highest BCUT2D eigenvalue weighted by atomic mass is 79.9. The Morgan fingerprint density at radius 3 is 2.31 bits per heavy atom. The SMILES string of the molecule is CCOC(/C=C(/Br)C(=O)c1ccccc1)=N/S(=O)(=O)c1ccc(C)cc1. The second-order valence-corrected chi connectivity index (χ2v) is 7.80. The number of aryl methyl sites for hydroxylation is 1. The summed E-state index contributed by atoms with van der Waals surface area (Å²) in [5.41, 5.74) is 1.40. The molecule has 0 aliphatic heterocycles. The van der Waals surface area contributed by atoms with Crippen LogP contribution in [0.4, 0.5) is 0 Å². The highest BCUT2D eigenvalue weighted by Gasteiger charge is 2.16.